The number of hydrogen-bond acceptors (Lipinski definition) is 3. The average molecular weight is 249 g/mol. The summed E-state index contributed by atoms with van der Waals surface area (Å²) in [5.74, 6) is 1.15. The van der Waals surface area contributed by atoms with Gasteiger partial charge in [0.15, 0.2) is 0 Å². The van der Waals surface area contributed by atoms with Crippen molar-refractivity contribution in [2.24, 2.45) is 7.05 Å². The van der Waals surface area contributed by atoms with Crippen LogP contribution >= 0.6 is 11.3 Å². The second-order valence-corrected chi connectivity index (χ2v) is 5.09. The molecule has 2 heterocycles. The van der Waals surface area contributed by atoms with E-state index in [1.165, 1.54) is 11.1 Å². The van der Waals surface area contributed by atoms with E-state index in [1.54, 1.807) is 11.3 Å². The van der Waals surface area contributed by atoms with Crippen LogP contribution in [0, 0.1) is 6.92 Å². The smallest absolute Gasteiger partial charge is 0.108 e. The lowest BCUT2D eigenvalue weighted by Gasteiger charge is -2.16. The molecule has 0 aliphatic rings. The highest BCUT2D eigenvalue weighted by Gasteiger charge is 2.13. The molecule has 2 aromatic heterocycles. The monoisotopic (exact) mass is 249 g/mol. The van der Waals surface area contributed by atoms with Crippen molar-refractivity contribution in [1.29, 1.82) is 0 Å². The number of aromatic nitrogens is 2. The number of hydrogen-bond donors (Lipinski definition) is 1. The topological polar surface area (TPSA) is 29.9 Å². The number of imidazole rings is 1. The van der Waals surface area contributed by atoms with Crippen LogP contribution in [0.4, 0.5) is 0 Å². The van der Waals surface area contributed by atoms with E-state index in [9.17, 15) is 0 Å². The molecule has 0 aliphatic heterocycles. The lowest BCUT2D eigenvalue weighted by Crippen LogP contribution is -2.18. The Hall–Kier alpha value is -1.13. The van der Waals surface area contributed by atoms with Crippen LogP contribution in [0.2, 0.25) is 0 Å². The van der Waals surface area contributed by atoms with Gasteiger partial charge in [-0.05, 0) is 42.3 Å². The van der Waals surface area contributed by atoms with Gasteiger partial charge in [-0.3, -0.25) is 0 Å². The summed E-state index contributed by atoms with van der Waals surface area (Å²) in [4.78, 5) is 4.36. The van der Waals surface area contributed by atoms with Gasteiger partial charge in [-0.15, -0.1) is 0 Å². The molecule has 17 heavy (non-hydrogen) atoms. The predicted molar refractivity (Wildman–Crippen MR) is 72.4 cm³/mol. The third-order valence-electron chi connectivity index (χ3n) is 3.20. The van der Waals surface area contributed by atoms with Crippen molar-refractivity contribution < 1.29 is 0 Å². The van der Waals surface area contributed by atoms with Crippen LogP contribution in [0.25, 0.3) is 0 Å². The first-order valence-electron chi connectivity index (χ1n) is 5.88. The Morgan fingerprint density at radius 1 is 1.47 bits per heavy atom. The van der Waals surface area contributed by atoms with Gasteiger partial charge in [0, 0.05) is 31.9 Å². The highest BCUT2D eigenvalue weighted by atomic mass is 32.1. The van der Waals surface area contributed by atoms with Gasteiger partial charge in [0.05, 0.1) is 0 Å². The maximum atomic E-state index is 4.36. The molecule has 3 nitrogen and oxygen atoms in total. The van der Waals surface area contributed by atoms with Crippen molar-refractivity contribution in [3.8, 4) is 0 Å². The van der Waals surface area contributed by atoms with Crippen molar-refractivity contribution >= 4 is 11.3 Å². The lowest BCUT2D eigenvalue weighted by atomic mass is 10.0. The molecule has 0 bridgehead atoms. The molecule has 0 spiro atoms. The van der Waals surface area contributed by atoms with Crippen molar-refractivity contribution in [3.63, 3.8) is 0 Å². The number of aryl methyl sites for hydroxylation is 3. The summed E-state index contributed by atoms with van der Waals surface area (Å²) < 4.78 is 2.09. The summed E-state index contributed by atoms with van der Waals surface area (Å²) >= 11 is 1.78. The van der Waals surface area contributed by atoms with Gasteiger partial charge >= 0.3 is 0 Å². The average Bonchev–Trinajstić information content (AvgIpc) is 2.90. The summed E-state index contributed by atoms with van der Waals surface area (Å²) in [6.45, 7) is 2.18. The van der Waals surface area contributed by atoms with Crippen LogP contribution in [0.15, 0.2) is 23.2 Å². The molecule has 0 aromatic carbocycles. The van der Waals surface area contributed by atoms with Gasteiger partial charge < -0.3 is 9.88 Å². The maximum absolute atomic E-state index is 4.36. The van der Waals surface area contributed by atoms with Gasteiger partial charge in [0.1, 0.15) is 5.82 Å². The number of nitrogens with zero attached hydrogens (tertiary/aromatic N) is 2. The first kappa shape index (κ1) is 12.3. The SMILES string of the molecule is CNC(CCc1nccn1C)c1cscc1C. The Morgan fingerprint density at radius 3 is 2.82 bits per heavy atom. The summed E-state index contributed by atoms with van der Waals surface area (Å²) in [6.07, 6.45) is 5.95. The quantitative estimate of drug-likeness (QED) is 0.883. The third kappa shape index (κ3) is 2.76. The Kier molecular flexibility index (Phi) is 3.97. The van der Waals surface area contributed by atoms with Crippen LogP contribution < -0.4 is 5.32 Å². The van der Waals surface area contributed by atoms with Gasteiger partial charge in [-0.25, -0.2) is 4.98 Å². The second kappa shape index (κ2) is 5.47. The zero-order valence-electron chi connectivity index (χ0n) is 10.6. The normalized spacial score (nSPS) is 12.9. The molecule has 0 aliphatic carbocycles. The minimum atomic E-state index is 0.429. The fraction of sp³-hybridized carbons (Fsp3) is 0.462. The summed E-state index contributed by atoms with van der Waals surface area (Å²) in [5, 5.41) is 7.85. The van der Waals surface area contributed by atoms with Crippen molar-refractivity contribution in [2.45, 2.75) is 25.8 Å². The zero-order chi connectivity index (χ0) is 12.3. The van der Waals surface area contributed by atoms with E-state index >= 15 is 0 Å². The predicted octanol–water partition coefficient (Wildman–Crippen LogP) is 2.68. The van der Waals surface area contributed by atoms with Crippen LogP contribution in [0.5, 0.6) is 0 Å². The highest BCUT2D eigenvalue weighted by Crippen LogP contribution is 2.24. The van der Waals surface area contributed by atoms with Crippen LogP contribution in [0.1, 0.15) is 29.4 Å². The lowest BCUT2D eigenvalue weighted by molar-refractivity contribution is 0.535. The second-order valence-electron chi connectivity index (χ2n) is 4.34. The third-order valence-corrected chi connectivity index (χ3v) is 4.08. The van der Waals surface area contributed by atoms with E-state index in [0.29, 0.717) is 6.04 Å². The largest absolute Gasteiger partial charge is 0.338 e. The molecule has 4 heteroatoms. The highest BCUT2D eigenvalue weighted by molar-refractivity contribution is 7.08. The molecule has 0 amide bonds. The van der Waals surface area contributed by atoms with Crippen LogP contribution in [-0.4, -0.2) is 16.6 Å². The number of rotatable bonds is 5. The molecule has 0 radical (unpaired) electrons. The summed E-state index contributed by atoms with van der Waals surface area (Å²) in [7, 11) is 4.08. The van der Waals surface area contributed by atoms with Crippen molar-refractivity contribution in [2.75, 3.05) is 7.05 Å². The molecular weight excluding hydrogens is 230 g/mol. The first-order chi connectivity index (χ1) is 8.22. The van der Waals surface area contributed by atoms with Crippen molar-refractivity contribution in [1.82, 2.24) is 14.9 Å². The van der Waals surface area contributed by atoms with Gasteiger partial charge in [0.25, 0.3) is 0 Å². The molecule has 92 valence electrons. The van der Waals surface area contributed by atoms with E-state index < -0.39 is 0 Å². The number of thiophene rings is 1. The van der Waals surface area contributed by atoms with E-state index in [0.717, 1.165) is 18.7 Å². The molecule has 2 aromatic rings. The fourth-order valence-corrected chi connectivity index (χ4v) is 3.00. The van der Waals surface area contributed by atoms with Crippen molar-refractivity contribution in [3.05, 3.63) is 40.1 Å². The summed E-state index contributed by atoms with van der Waals surface area (Å²) in [6, 6.07) is 0.429. The minimum absolute atomic E-state index is 0.429. The Balaban J connectivity index is 2.02. The standard InChI is InChI=1S/C13H19N3S/c1-10-8-17-9-11(10)12(14-2)4-5-13-15-6-7-16(13)3/h6-9,12,14H,4-5H2,1-3H3. The molecule has 2 rings (SSSR count). The molecule has 1 atom stereocenters. The summed E-state index contributed by atoms with van der Waals surface area (Å²) in [5.41, 5.74) is 2.81. The van der Waals surface area contributed by atoms with Crippen LogP contribution in [-0.2, 0) is 13.5 Å². The van der Waals surface area contributed by atoms with Gasteiger partial charge in [-0.2, -0.15) is 11.3 Å². The Labute approximate surface area is 107 Å². The van der Waals surface area contributed by atoms with Gasteiger partial charge in [0.2, 0.25) is 0 Å². The Morgan fingerprint density at radius 2 is 2.29 bits per heavy atom. The van der Waals surface area contributed by atoms with E-state index in [4.69, 9.17) is 0 Å². The molecule has 1 N–H and O–H groups in total. The van der Waals surface area contributed by atoms with E-state index in [2.05, 4.69) is 32.6 Å². The minimum Gasteiger partial charge on any atom is -0.338 e. The first-order valence-corrected chi connectivity index (χ1v) is 6.82. The van der Waals surface area contributed by atoms with Gasteiger partial charge in [-0.1, -0.05) is 0 Å². The maximum Gasteiger partial charge on any atom is 0.108 e. The molecule has 0 saturated carbocycles. The van der Waals surface area contributed by atoms with Crippen LogP contribution in [0.3, 0.4) is 0 Å². The molecule has 1 unspecified atom stereocenters. The molecule has 0 saturated heterocycles. The molecule has 0 fully saturated rings. The number of nitrogens with one attached hydrogen (secondary N) is 1. The van der Waals surface area contributed by atoms with E-state index in [1.807, 2.05) is 26.5 Å². The molecular formula is C13H19N3S. The Bertz CT molecular complexity index is 472. The fourth-order valence-electron chi connectivity index (χ4n) is 2.09. The zero-order valence-corrected chi connectivity index (χ0v) is 11.4. The van der Waals surface area contributed by atoms with E-state index in [-0.39, 0.29) is 0 Å².